The van der Waals surface area contributed by atoms with Crippen LogP contribution in [0.1, 0.15) is 24.2 Å². The number of benzene rings is 1. The van der Waals surface area contributed by atoms with Gasteiger partial charge in [-0.3, -0.25) is 0 Å². The van der Waals surface area contributed by atoms with Crippen molar-refractivity contribution in [1.82, 2.24) is 0 Å². The van der Waals surface area contributed by atoms with Crippen molar-refractivity contribution in [3.8, 4) is 0 Å². The molecular formula is C9H13ClOS. The van der Waals surface area contributed by atoms with Crippen molar-refractivity contribution in [2.24, 2.45) is 0 Å². The predicted octanol–water partition coefficient (Wildman–Crippen LogP) is 2.81. The fraction of sp³-hybridized carbons (Fsp3) is 0.333. The van der Waals surface area contributed by atoms with Crippen LogP contribution in [0.3, 0.4) is 0 Å². The SMILES string of the molecule is Cc1cc(Cl)cc([C@H](C)O)c1.S. The molecule has 0 aliphatic rings. The molecule has 0 saturated carbocycles. The molecule has 1 aromatic carbocycles. The van der Waals surface area contributed by atoms with Gasteiger partial charge in [0.05, 0.1) is 6.10 Å². The van der Waals surface area contributed by atoms with Crippen molar-refractivity contribution in [1.29, 1.82) is 0 Å². The average Bonchev–Trinajstić information content (AvgIpc) is 1.85. The second-order valence-electron chi connectivity index (χ2n) is 2.74. The highest BCUT2D eigenvalue weighted by Gasteiger charge is 2.01. The van der Waals surface area contributed by atoms with Gasteiger partial charge in [-0.15, -0.1) is 0 Å². The van der Waals surface area contributed by atoms with Gasteiger partial charge >= 0.3 is 0 Å². The normalized spacial score (nSPS) is 12.0. The summed E-state index contributed by atoms with van der Waals surface area (Å²) in [5, 5.41) is 9.90. The van der Waals surface area contributed by atoms with Gasteiger partial charge in [0.25, 0.3) is 0 Å². The standard InChI is InChI=1S/C9H11ClO.H2S/c1-6-3-8(7(2)11)5-9(10)4-6;/h3-5,7,11H,1-2H3;1H2/t7-;/m0./s1. The lowest BCUT2D eigenvalue weighted by Gasteiger charge is -2.05. The van der Waals surface area contributed by atoms with Crippen molar-refractivity contribution in [3.05, 3.63) is 34.3 Å². The minimum atomic E-state index is -0.438. The summed E-state index contributed by atoms with van der Waals surface area (Å²) in [4.78, 5) is 0. The molecular weight excluding hydrogens is 192 g/mol. The highest BCUT2D eigenvalue weighted by Crippen LogP contribution is 2.19. The first-order valence-corrected chi connectivity index (χ1v) is 3.92. The molecule has 0 aliphatic heterocycles. The first kappa shape index (κ1) is 11.8. The monoisotopic (exact) mass is 204 g/mol. The summed E-state index contributed by atoms with van der Waals surface area (Å²) < 4.78 is 0. The van der Waals surface area contributed by atoms with Crippen LogP contribution >= 0.6 is 25.1 Å². The van der Waals surface area contributed by atoms with Gasteiger partial charge in [0.1, 0.15) is 0 Å². The van der Waals surface area contributed by atoms with E-state index in [1.165, 1.54) is 0 Å². The fourth-order valence-corrected chi connectivity index (χ4v) is 1.30. The Morgan fingerprint density at radius 2 is 1.92 bits per heavy atom. The summed E-state index contributed by atoms with van der Waals surface area (Å²) in [7, 11) is 0. The Bertz CT molecular complexity index is 240. The fourth-order valence-electron chi connectivity index (χ4n) is 1.01. The molecule has 1 atom stereocenters. The molecule has 1 aromatic rings. The summed E-state index contributed by atoms with van der Waals surface area (Å²) in [6.07, 6.45) is -0.438. The summed E-state index contributed by atoms with van der Waals surface area (Å²) in [5.74, 6) is 0. The largest absolute Gasteiger partial charge is 0.389 e. The van der Waals surface area contributed by atoms with E-state index in [0.717, 1.165) is 11.1 Å². The average molecular weight is 205 g/mol. The molecule has 0 radical (unpaired) electrons. The Labute approximate surface area is 84.8 Å². The van der Waals surface area contributed by atoms with Gasteiger partial charge < -0.3 is 5.11 Å². The maximum atomic E-state index is 9.21. The van der Waals surface area contributed by atoms with Crippen LogP contribution in [0.15, 0.2) is 18.2 Å². The van der Waals surface area contributed by atoms with Crippen LogP contribution in [0.5, 0.6) is 0 Å². The summed E-state index contributed by atoms with van der Waals surface area (Å²) in [5.41, 5.74) is 1.95. The second kappa shape index (κ2) is 4.75. The van der Waals surface area contributed by atoms with Gasteiger partial charge in [-0.25, -0.2) is 0 Å². The topological polar surface area (TPSA) is 20.2 Å². The molecule has 0 unspecified atom stereocenters. The van der Waals surface area contributed by atoms with Crippen LogP contribution < -0.4 is 0 Å². The van der Waals surface area contributed by atoms with Crippen LogP contribution in [0, 0.1) is 6.92 Å². The van der Waals surface area contributed by atoms with E-state index in [4.69, 9.17) is 11.6 Å². The first-order chi connectivity index (χ1) is 5.09. The van der Waals surface area contributed by atoms with Crippen molar-refractivity contribution < 1.29 is 5.11 Å². The molecule has 0 aromatic heterocycles. The van der Waals surface area contributed by atoms with Gasteiger partial charge in [0.15, 0.2) is 0 Å². The highest BCUT2D eigenvalue weighted by atomic mass is 35.5. The number of rotatable bonds is 1. The van der Waals surface area contributed by atoms with E-state index in [-0.39, 0.29) is 13.5 Å². The lowest BCUT2D eigenvalue weighted by molar-refractivity contribution is 0.199. The van der Waals surface area contributed by atoms with Crippen molar-refractivity contribution in [2.45, 2.75) is 20.0 Å². The zero-order chi connectivity index (χ0) is 8.43. The van der Waals surface area contributed by atoms with E-state index in [0.29, 0.717) is 5.02 Å². The molecule has 68 valence electrons. The lowest BCUT2D eigenvalue weighted by atomic mass is 10.1. The third kappa shape index (κ3) is 3.05. The number of halogens is 1. The van der Waals surface area contributed by atoms with Crippen molar-refractivity contribution in [3.63, 3.8) is 0 Å². The van der Waals surface area contributed by atoms with Crippen LogP contribution in [-0.2, 0) is 0 Å². The Balaban J connectivity index is 0.00000121. The lowest BCUT2D eigenvalue weighted by Crippen LogP contribution is -1.91. The van der Waals surface area contributed by atoms with E-state index in [9.17, 15) is 5.11 Å². The summed E-state index contributed by atoms with van der Waals surface area (Å²) >= 11 is 5.78. The van der Waals surface area contributed by atoms with E-state index < -0.39 is 6.10 Å². The molecule has 0 fully saturated rings. The summed E-state index contributed by atoms with van der Waals surface area (Å²) in [6, 6.07) is 5.57. The molecule has 0 bridgehead atoms. The number of aliphatic hydroxyl groups excluding tert-OH is 1. The number of aryl methyl sites for hydroxylation is 1. The van der Waals surface area contributed by atoms with Gasteiger partial charge in [-0.2, -0.15) is 13.5 Å². The molecule has 0 saturated heterocycles. The van der Waals surface area contributed by atoms with E-state index in [1.54, 1.807) is 13.0 Å². The molecule has 1 nitrogen and oxygen atoms in total. The van der Waals surface area contributed by atoms with Crippen molar-refractivity contribution in [2.75, 3.05) is 0 Å². The Morgan fingerprint density at radius 1 is 1.33 bits per heavy atom. The maximum absolute atomic E-state index is 9.21. The van der Waals surface area contributed by atoms with Gasteiger partial charge in [-0.1, -0.05) is 17.7 Å². The minimum absolute atomic E-state index is 0. The van der Waals surface area contributed by atoms with Gasteiger partial charge in [0, 0.05) is 5.02 Å². The van der Waals surface area contributed by atoms with Crippen molar-refractivity contribution >= 4 is 25.1 Å². The number of hydrogen-bond donors (Lipinski definition) is 1. The van der Waals surface area contributed by atoms with Crippen LogP contribution in [0.4, 0.5) is 0 Å². The zero-order valence-corrected chi connectivity index (χ0v) is 8.89. The van der Waals surface area contributed by atoms with Crippen LogP contribution in [-0.4, -0.2) is 5.11 Å². The maximum Gasteiger partial charge on any atom is 0.0762 e. The molecule has 0 aliphatic carbocycles. The van der Waals surface area contributed by atoms with E-state index in [1.807, 2.05) is 19.1 Å². The molecule has 12 heavy (non-hydrogen) atoms. The third-order valence-electron chi connectivity index (χ3n) is 1.55. The predicted molar refractivity (Wildman–Crippen MR) is 57.2 cm³/mol. The molecule has 0 amide bonds. The second-order valence-corrected chi connectivity index (χ2v) is 3.17. The van der Waals surface area contributed by atoms with Gasteiger partial charge in [0.2, 0.25) is 0 Å². The van der Waals surface area contributed by atoms with Gasteiger partial charge in [-0.05, 0) is 37.1 Å². The molecule has 3 heteroatoms. The Morgan fingerprint density at radius 3 is 2.33 bits per heavy atom. The van der Waals surface area contributed by atoms with E-state index >= 15 is 0 Å². The van der Waals surface area contributed by atoms with Crippen LogP contribution in [0.2, 0.25) is 5.02 Å². The number of aliphatic hydroxyl groups is 1. The quantitative estimate of drug-likeness (QED) is 0.746. The van der Waals surface area contributed by atoms with E-state index in [2.05, 4.69) is 0 Å². The Kier molecular flexibility index (Phi) is 4.68. The number of hydrogen-bond acceptors (Lipinski definition) is 1. The molecule has 1 N–H and O–H groups in total. The molecule has 0 spiro atoms. The summed E-state index contributed by atoms with van der Waals surface area (Å²) in [6.45, 7) is 3.68. The third-order valence-corrected chi connectivity index (χ3v) is 1.77. The molecule has 0 heterocycles. The Hall–Kier alpha value is -0.180. The molecule has 1 rings (SSSR count). The zero-order valence-electron chi connectivity index (χ0n) is 7.13. The highest BCUT2D eigenvalue weighted by molar-refractivity contribution is 7.59. The van der Waals surface area contributed by atoms with Crippen LogP contribution in [0.25, 0.3) is 0 Å². The minimum Gasteiger partial charge on any atom is -0.389 e. The smallest absolute Gasteiger partial charge is 0.0762 e. The first-order valence-electron chi connectivity index (χ1n) is 3.55.